The molecule has 0 saturated heterocycles. The standard InChI is InChI=1S/C32H46N4O4/c1-7-23(3)36(24(4)8-2)32(38)22-35-27-15-12-11-14-26(27)34-30(35)16-10-9-13-19-33-31(37)21-25-17-18-28(39-5)29(20-25)40-6/h11-12,14-15,17-18,20,23-24H,7-10,13,16,19,21-22H2,1-6H3,(H,33,37). The smallest absolute Gasteiger partial charge is 0.243 e. The largest absolute Gasteiger partial charge is 0.493 e. The minimum Gasteiger partial charge on any atom is -0.493 e. The molecular formula is C32H46N4O4. The van der Waals surface area contributed by atoms with Crippen LogP contribution in [0.5, 0.6) is 11.5 Å². The minimum absolute atomic E-state index is 0.0142. The van der Waals surface area contributed by atoms with Crippen LogP contribution in [-0.4, -0.2) is 59.1 Å². The van der Waals surface area contributed by atoms with Gasteiger partial charge in [-0.05, 0) is 69.4 Å². The number of nitrogens with one attached hydrogen (secondary N) is 1. The highest BCUT2D eigenvalue weighted by molar-refractivity contribution is 5.81. The molecule has 0 spiro atoms. The number of nitrogens with zero attached hydrogens (tertiary/aromatic N) is 3. The Kier molecular flexibility index (Phi) is 11.8. The van der Waals surface area contributed by atoms with Gasteiger partial charge in [0.1, 0.15) is 12.4 Å². The van der Waals surface area contributed by atoms with Gasteiger partial charge in [0, 0.05) is 25.0 Å². The molecule has 8 nitrogen and oxygen atoms in total. The second-order valence-corrected chi connectivity index (χ2v) is 10.4. The maximum atomic E-state index is 13.5. The van der Waals surface area contributed by atoms with Gasteiger partial charge in [-0.15, -0.1) is 0 Å². The normalized spacial score (nSPS) is 12.7. The molecule has 0 saturated carbocycles. The third-order valence-electron chi connectivity index (χ3n) is 7.66. The molecule has 0 bridgehead atoms. The van der Waals surface area contributed by atoms with Crippen LogP contribution >= 0.6 is 0 Å². The molecule has 2 aromatic carbocycles. The molecule has 40 heavy (non-hydrogen) atoms. The van der Waals surface area contributed by atoms with Crippen LogP contribution in [-0.2, 0) is 29.0 Å². The van der Waals surface area contributed by atoms with Gasteiger partial charge in [0.25, 0.3) is 0 Å². The number of para-hydroxylation sites is 2. The number of aromatic nitrogens is 2. The predicted octanol–water partition coefficient (Wildman–Crippen LogP) is 5.55. The molecule has 3 rings (SSSR count). The first-order valence-electron chi connectivity index (χ1n) is 14.6. The third kappa shape index (κ3) is 7.99. The molecule has 0 aliphatic heterocycles. The summed E-state index contributed by atoms with van der Waals surface area (Å²) < 4.78 is 12.7. The van der Waals surface area contributed by atoms with Crippen LogP contribution in [0.3, 0.4) is 0 Å². The van der Waals surface area contributed by atoms with E-state index in [2.05, 4.69) is 37.6 Å². The summed E-state index contributed by atoms with van der Waals surface area (Å²) in [5.41, 5.74) is 2.80. The number of carbonyl (C=O) groups excluding carboxylic acids is 2. The van der Waals surface area contributed by atoms with E-state index in [1.165, 1.54) is 0 Å². The predicted molar refractivity (Wildman–Crippen MR) is 160 cm³/mol. The molecule has 0 fully saturated rings. The summed E-state index contributed by atoms with van der Waals surface area (Å²) in [6, 6.07) is 14.0. The van der Waals surface area contributed by atoms with Crippen molar-refractivity contribution in [3.63, 3.8) is 0 Å². The average Bonchev–Trinajstić information content (AvgIpc) is 3.31. The van der Waals surface area contributed by atoms with E-state index in [0.29, 0.717) is 31.0 Å². The fraction of sp³-hybridized carbons (Fsp3) is 0.531. The Morgan fingerprint density at radius 3 is 2.33 bits per heavy atom. The van der Waals surface area contributed by atoms with Crippen LogP contribution in [0, 0.1) is 0 Å². The molecule has 3 aromatic rings. The monoisotopic (exact) mass is 550 g/mol. The van der Waals surface area contributed by atoms with Crippen LogP contribution < -0.4 is 14.8 Å². The third-order valence-corrected chi connectivity index (χ3v) is 7.66. The van der Waals surface area contributed by atoms with Crippen molar-refractivity contribution in [2.24, 2.45) is 0 Å². The first kappa shape index (κ1) is 31.0. The Morgan fingerprint density at radius 1 is 0.950 bits per heavy atom. The molecule has 2 atom stereocenters. The number of ether oxygens (including phenoxy) is 2. The van der Waals surface area contributed by atoms with Crippen molar-refractivity contribution in [3.05, 3.63) is 53.9 Å². The molecular weight excluding hydrogens is 504 g/mol. The molecule has 1 heterocycles. The number of imidazole rings is 1. The summed E-state index contributed by atoms with van der Waals surface area (Å²) in [5, 5.41) is 3.02. The topological polar surface area (TPSA) is 85.7 Å². The van der Waals surface area contributed by atoms with Crippen LogP contribution in [0.2, 0.25) is 0 Å². The number of carbonyl (C=O) groups is 2. The van der Waals surface area contributed by atoms with E-state index in [9.17, 15) is 9.59 Å². The van der Waals surface area contributed by atoms with E-state index < -0.39 is 0 Å². The van der Waals surface area contributed by atoms with Crippen molar-refractivity contribution < 1.29 is 19.1 Å². The van der Waals surface area contributed by atoms with Crippen LogP contribution in [0.4, 0.5) is 0 Å². The summed E-state index contributed by atoms with van der Waals surface area (Å²) in [5.74, 6) is 2.34. The Hall–Kier alpha value is -3.55. The summed E-state index contributed by atoms with van der Waals surface area (Å²) in [6.07, 6.45) is 5.71. The van der Waals surface area contributed by atoms with Gasteiger partial charge in [0.05, 0.1) is 31.7 Å². The number of unbranched alkanes of at least 4 members (excludes halogenated alkanes) is 2. The van der Waals surface area contributed by atoms with E-state index in [-0.39, 0.29) is 23.9 Å². The van der Waals surface area contributed by atoms with Crippen molar-refractivity contribution in [1.29, 1.82) is 0 Å². The van der Waals surface area contributed by atoms with Crippen LogP contribution in [0.1, 0.15) is 71.2 Å². The fourth-order valence-corrected chi connectivity index (χ4v) is 5.08. The number of hydrogen-bond donors (Lipinski definition) is 1. The van der Waals surface area contributed by atoms with Gasteiger partial charge in [-0.25, -0.2) is 4.98 Å². The van der Waals surface area contributed by atoms with E-state index in [1.54, 1.807) is 14.2 Å². The van der Waals surface area contributed by atoms with Gasteiger partial charge in [-0.1, -0.05) is 38.5 Å². The Morgan fingerprint density at radius 2 is 1.65 bits per heavy atom. The Balaban J connectivity index is 1.54. The van der Waals surface area contributed by atoms with Crippen molar-refractivity contribution in [2.45, 2.75) is 91.3 Å². The van der Waals surface area contributed by atoms with Crippen LogP contribution in [0.25, 0.3) is 11.0 Å². The Labute approximate surface area is 239 Å². The van der Waals surface area contributed by atoms with Crippen molar-refractivity contribution in [3.8, 4) is 11.5 Å². The maximum absolute atomic E-state index is 13.5. The first-order valence-corrected chi connectivity index (χ1v) is 14.6. The number of amides is 2. The zero-order valence-electron chi connectivity index (χ0n) is 25.0. The number of aryl methyl sites for hydroxylation is 1. The zero-order valence-corrected chi connectivity index (χ0v) is 25.0. The second kappa shape index (κ2) is 15.3. The molecule has 0 radical (unpaired) electrons. The highest BCUT2D eigenvalue weighted by Gasteiger charge is 2.25. The fourth-order valence-electron chi connectivity index (χ4n) is 5.08. The minimum atomic E-state index is -0.0142. The molecule has 2 amide bonds. The molecule has 2 unspecified atom stereocenters. The highest BCUT2D eigenvalue weighted by atomic mass is 16.5. The van der Waals surface area contributed by atoms with Gasteiger partial charge >= 0.3 is 0 Å². The van der Waals surface area contributed by atoms with Gasteiger partial charge in [-0.3, -0.25) is 9.59 Å². The zero-order chi connectivity index (χ0) is 29.1. The molecule has 1 aromatic heterocycles. The number of benzene rings is 2. The number of methoxy groups -OCH3 is 2. The van der Waals surface area contributed by atoms with Gasteiger partial charge in [0.15, 0.2) is 11.5 Å². The lowest BCUT2D eigenvalue weighted by Crippen LogP contribution is -2.45. The second-order valence-electron chi connectivity index (χ2n) is 10.4. The number of hydrogen-bond acceptors (Lipinski definition) is 5. The summed E-state index contributed by atoms with van der Waals surface area (Å²) in [7, 11) is 3.18. The lowest BCUT2D eigenvalue weighted by atomic mass is 10.1. The summed E-state index contributed by atoms with van der Waals surface area (Å²) in [6.45, 7) is 9.44. The first-order chi connectivity index (χ1) is 19.3. The van der Waals surface area contributed by atoms with E-state index >= 15 is 0 Å². The van der Waals surface area contributed by atoms with E-state index in [1.807, 2.05) is 47.4 Å². The highest BCUT2D eigenvalue weighted by Crippen LogP contribution is 2.27. The summed E-state index contributed by atoms with van der Waals surface area (Å²) in [4.78, 5) is 32.9. The van der Waals surface area contributed by atoms with E-state index in [0.717, 1.165) is 60.9 Å². The Bertz CT molecular complexity index is 1240. The molecule has 1 N–H and O–H groups in total. The lowest BCUT2D eigenvalue weighted by Gasteiger charge is -2.34. The number of rotatable bonds is 16. The van der Waals surface area contributed by atoms with Gasteiger partial charge in [-0.2, -0.15) is 0 Å². The van der Waals surface area contributed by atoms with Crippen molar-refractivity contribution >= 4 is 22.8 Å². The quantitative estimate of drug-likeness (QED) is 0.236. The molecule has 218 valence electrons. The van der Waals surface area contributed by atoms with Gasteiger partial charge in [0.2, 0.25) is 11.8 Å². The lowest BCUT2D eigenvalue weighted by molar-refractivity contribution is -0.136. The van der Waals surface area contributed by atoms with Crippen LogP contribution in [0.15, 0.2) is 42.5 Å². The molecule has 0 aliphatic carbocycles. The summed E-state index contributed by atoms with van der Waals surface area (Å²) >= 11 is 0. The molecule has 0 aliphatic rings. The maximum Gasteiger partial charge on any atom is 0.243 e. The van der Waals surface area contributed by atoms with Crippen molar-refractivity contribution in [2.75, 3.05) is 20.8 Å². The van der Waals surface area contributed by atoms with Gasteiger partial charge < -0.3 is 24.3 Å². The van der Waals surface area contributed by atoms with Crippen molar-refractivity contribution in [1.82, 2.24) is 19.8 Å². The number of fused-ring (bicyclic) bond motifs is 1. The molecule has 8 heteroatoms. The SMILES string of the molecule is CCC(C)N(C(=O)Cn1c(CCCCCNC(=O)Cc2ccc(OC)c(OC)c2)nc2ccccc21)C(C)CC. The van der Waals surface area contributed by atoms with E-state index in [4.69, 9.17) is 14.5 Å². The average molecular weight is 551 g/mol.